The van der Waals surface area contributed by atoms with E-state index in [4.69, 9.17) is 16.3 Å². The fourth-order valence-electron chi connectivity index (χ4n) is 4.45. The van der Waals surface area contributed by atoms with E-state index in [1.165, 1.54) is 5.56 Å². The molecule has 1 unspecified atom stereocenters. The highest BCUT2D eigenvalue weighted by atomic mass is 35.5. The molecule has 4 heteroatoms. The number of hydrogen-bond donors (Lipinski definition) is 0. The number of amides is 1. The summed E-state index contributed by atoms with van der Waals surface area (Å²) in [6, 6.07) is 33.6. The van der Waals surface area contributed by atoms with Gasteiger partial charge in [-0.2, -0.15) is 0 Å². The highest BCUT2D eigenvalue weighted by molar-refractivity contribution is 6.30. The minimum atomic E-state index is -1.07. The number of ether oxygens (including phenoxy) is 1. The van der Waals surface area contributed by atoms with Gasteiger partial charge in [-0.3, -0.25) is 9.69 Å². The Balaban J connectivity index is 1.66. The lowest BCUT2D eigenvalue weighted by Gasteiger charge is -2.39. The summed E-state index contributed by atoms with van der Waals surface area (Å²) >= 11 is 6.23. The number of nitrogens with zero attached hydrogens (tertiary/aromatic N) is 1. The number of aryl methyl sites for hydroxylation is 1. The first kappa shape index (κ1) is 21.4. The Morgan fingerprint density at radius 1 is 0.788 bits per heavy atom. The molecule has 1 amide bonds. The van der Waals surface area contributed by atoms with Gasteiger partial charge in [0.1, 0.15) is 0 Å². The summed E-state index contributed by atoms with van der Waals surface area (Å²) in [5, 5.41) is 0.639. The zero-order chi connectivity index (χ0) is 22.8. The third-order valence-electron chi connectivity index (χ3n) is 6.14. The molecule has 0 radical (unpaired) electrons. The molecule has 0 saturated carbocycles. The summed E-state index contributed by atoms with van der Waals surface area (Å²) in [6.07, 6.45) is 0. The van der Waals surface area contributed by atoms with Crippen LogP contribution in [0.15, 0.2) is 103 Å². The maximum Gasteiger partial charge on any atom is 0.257 e. The SMILES string of the molecule is Cc1ccc(COC2(c3ccc(Cl)cc3)c3ccccc3C(=O)N2Cc2ccccc2)cc1. The van der Waals surface area contributed by atoms with Gasteiger partial charge in [0.2, 0.25) is 0 Å². The maximum atomic E-state index is 13.7. The number of benzene rings is 4. The lowest BCUT2D eigenvalue weighted by Crippen LogP contribution is -2.46. The van der Waals surface area contributed by atoms with Crippen LogP contribution in [-0.4, -0.2) is 10.8 Å². The van der Waals surface area contributed by atoms with E-state index in [-0.39, 0.29) is 5.91 Å². The molecule has 0 aromatic heterocycles. The van der Waals surface area contributed by atoms with Crippen molar-refractivity contribution in [3.8, 4) is 0 Å². The van der Waals surface area contributed by atoms with E-state index in [1.807, 2.05) is 83.8 Å². The summed E-state index contributed by atoms with van der Waals surface area (Å²) in [4.78, 5) is 15.6. The Morgan fingerprint density at radius 2 is 1.45 bits per heavy atom. The zero-order valence-electron chi connectivity index (χ0n) is 18.4. The van der Waals surface area contributed by atoms with Crippen LogP contribution in [0.5, 0.6) is 0 Å². The fraction of sp³-hybridized carbons (Fsp3) is 0.138. The second-order valence-corrected chi connectivity index (χ2v) is 8.78. The lowest BCUT2D eigenvalue weighted by molar-refractivity contribution is -0.120. The molecule has 0 aliphatic carbocycles. The first-order valence-electron chi connectivity index (χ1n) is 11.0. The highest BCUT2D eigenvalue weighted by Crippen LogP contribution is 2.46. The third kappa shape index (κ3) is 3.95. The lowest BCUT2D eigenvalue weighted by atomic mass is 9.93. The normalized spacial score (nSPS) is 17.3. The standard InChI is InChI=1S/C29H24ClNO2/c1-21-11-13-23(14-12-21)20-33-29(24-15-17-25(30)18-16-24)27-10-6-5-9-26(27)28(32)31(29)19-22-7-3-2-4-8-22/h2-18H,19-20H2,1H3. The van der Waals surface area contributed by atoms with Gasteiger partial charge in [-0.25, -0.2) is 0 Å². The van der Waals surface area contributed by atoms with Gasteiger partial charge >= 0.3 is 0 Å². The van der Waals surface area contributed by atoms with Crippen LogP contribution in [0.4, 0.5) is 0 Å². The number of carbonyl (C=O) groups excluding carboxylic acids is 1. The van der Waals surface area contributed by atoms with Gasteiger partial charge in [0.05, 0.1) is 6.61 Å². The molecular weight excluding hydrogens is 430 g/mol. The van der Waals surface area contributed by atoms with Crippen molar-refractivity contribution in [2.45, 2.75) is 25.8 Å². The van der Waals surface area contributed by atoms with Gasteiger partial charge in [0.15, 0.2) is 5.72 Å². The van der Waals surface area contributed by atoms with Gasteiger partial charge in [-0.05, 0) is 36.2 Å². The Morgan fingerprint density at radius 3 is 2.18 bits per heavy atom. The molecule has 0 fully saturated rings. The van der Waals surface area contributed by atoms with Crippen LogP contribution >= 0.6 is 11.6 Å². The second-order valence-electron chi connectivity index (χ2n) is 8.35. The van der Waals surface area contributed by atoms with Crippen LogP contribution in [0.2, 0.25) is 5.02 Å². The summed E-state index contributed by atoms with van der Waals surface area (Å²) < 4.78 is 6.79. The molecule has 0 N–H and O–H groups in total. The van der Waals surface area contributed by atoms with E-state index < -0.39 is 5.72 Å². The van der Waals surface area contributed by atoms with Crippen LogP contribution in [0.1, 0.15) is 38.2 Å². The molecular formula is C29H24ClNO2. The van der Waals surface area contributed by atoms with E-state index in [0.29, 0.717) is 23.7 Å². The third-order valence-corrected chi connectivity index (χ3v) is 6.39. The number of halogens is 1. The van der Waals surface area contributed by atoms with E-state index >= 15 is 0 Å². The van der Waals surface area contributed by atoms with Crippen LogP contribution in [-0.2, 0) is 23.6 Å². The first-order chi connectivity index (χ1) is 16.1. The molecule has 1 aliphatic rings. The van der Waals surface area contributed by atoms with E-state index in [2.05, 4.69) is 31.2 Å². The molecule has 33 heavy (non-hydrogen) atoms. The molecule has 4 aromatic rings. The Labute approximate surface area is 199 Å². The van der Waals surface area contributed by atoms with Crippen molar-refractivity contribution in [1.29, 1.82) is 0 Å². The molecule has 0 saturated heterocycles. The minimum absolute atomic E-state index is 0.0479. The first-order valence-corrected chi connectivity index (χ1v) is 11.4. The average Bonchev–Trinajstić information content (AvgIpc) is 3.08. The number of rotatable bonds is 6. The van der Waals surface area contributed by atoms with Gasteiger partial charge in [0, 0.05) is 28.3 Å². The molecule has 1 heterocycles. The predicted octanol–water partition coefficient (Wildman–Crippen LogP) is 6.72. The number of fused-ring (bicyclic) bond motifs is 1. The van der Waals surface area contributed by atoms with Crippen molar-refractivity contribution < 1.29 is 9.53 Å². The minimum Gasteiger partial charge on any atom is -0.342 e. The van der Waals surface area contributed by atoms with Crippen molar-refractivity contribution in [1.82, 2.24) is 4.90 Å². The topological polar surface area (TPSA) is 29.5 Å². The molecule has 1 aliphatic heterocycles. The van der Waals surface area contributed by atoms with Gasteiger partial charge in [-0.15, -0.1) is 0 Å². The van der Waals surface area contributed by atoms with Crippen molar-refractivity contribution in [2.75, 3.05) is 0 Å². The molecule has 5 rings (SSSR count). The van der Waals surface area contributed by atoms with Crippen molar-refractivity contribution in [2.24, 2.45) is 0 Å². The zero-order valence-corrected chi connectivity index (χ0v) is 19.1. The van der Waals surface area contributed by atoms with Crippen LogP contribution in [0.25, 0.3) is 0 Å². The smallest absolute Gasteiger partial charge is 0.257 e. The molecule has 4 aromatic carbocycles. The fourth-order valence-corrected chi connectivity index (χ4v) is 4.57. The van der Waals surface area contributed by atoms with E-state index in [9.17, 15) is 4.79 Å². The molecule has 0 bridgehead atoms. The Bertz CT molecular complexity index is 1270. The maximum absolute atomic E-state index is 13.7. The molecule has 164 valence electrons. The summed E-state index contributed by atoms with van der Waals surface area (Å²) in [5.74, 6) is -0.0479. The summed E-state index contributed by atoms with van der Waals surface area (Å²) in [7, 11) is 0. The number of carbonyl (C=O) groups is 1. The predicted molar refractivity (Wildman–Crippen MR) is 131 cm³/mol. The van der Waals surface area contributed by atoms with Crippen molar-refractivity contribution in [3.63, 3.8) is 0 Å². The van der Waals surface area contributed by atoms with Crippen molar-refractivity contribution >= 4 is 17.5 Å². The van der Waals surface area contributed by atoms with Crippen molar-refractivity contribution in [3.05, 3.63) is 142 Å². The van der Waals surface area contributed by atoms with Crippen LogP contribution in [0.3, 0.4) is 0 Å². The quantitative estimate of drug-likeness (QED) is 0.324. The van der Waals surface area contributed by atoms with E-state index in [0.717, 1.165) is 22.3 Å². The largest absolute Gasteiger partial charge is 0.342 e. The number of hydrogen-bond acceptors (Lipinski definition) is 2. The van der Waals surface area contributed by atoms with Crippen LogP contribution in [0, 0.1) is 6.92 Å². The summed E-state index contributed by atoms with van der Waals surface area (Å²) in [6.45, 7) is 2.84. The summed E-state index contributed by atoms with van der Waals surface area (Å²) in [5.41, 5.74) is 4.58. The Hall–Kier alpha value is -3.40. The van der Waals surface area contributed by atoms with Gasteiger partial charge in [-0.1, -0.05) is 102 Å². The average molecular weight is 454 g/mol. The van der Waals surface area contributed by atoms with Crippen LogP contribution < -0.4 is 0 Å². The highest BCUT2D eigenvalue weighted by Gasteiger charge is 2.52. The molecule has 1 atom stereocenters. The Kier molecular flexibility index (Phi) is 5.76. The van der Waals surface area contributed by atoms with E-state index in [1.54, 1.807) is 0 Å². The van der Waals surface area contributed by atoms with Gasteiger partial charge < -0.3 is 4.74 Å². The monoisotopic (exact) mass is 453 g/mol. The second kappa shape index (κ2) is 8.86. The molecule has 0 spiro atoms. The molecule has 3 nitrogen and oxygen atoms in total. The van der Waals surface area contributed by atoms with Gasteiger partial charge in [0.25, 0.3) is 5.91 Å².